The van der Waals surface area contributed by atoms with E-state index >= 15 is 0 Å². The van der Waals surface area contributed by atoms with Gasteiger partial charge in [-0.1, -0.05) is 32.9 Å². The van der Waals surface area contributed by atoms with Gasteiger partial charge in [0.1, 0.15) is 6.67 Å². The second kappa shape index (κ2) is 5.59. The standard InChI is InChI=1S/C14H21FO3S/c1-10-8-12(14(3,4)5)9-11(2)13(10)19(16,17)18-7-6-15/h8-9H,6-7H2,1-5H3. The topological polar surface area (TPSA) is 43.4 Å². The van der Waals surface area contributed by atoms with Crippen molar-refractivity contribution in [1.29, 1.82) is 0 Å². The first-order chi connectivity index (χ1) is 8.59. The molecule has 0 aliphatic carbocycles. The third-order valence-corrected chi connectivity index (χ3v) is 4.51. The van der Waals surface area contributed by atoms with Gasteiger partial charge < -0.3 is 0 Å². The van der Waals surface area contributed by atoms with Gasteiger partial charge in [0.15, 0.2) is 0 Å². The largest absolute Gasteiger partial charge is 0.297 e. The van der Waals surface area contributed by atoms with Crippen LogP contribution >= 0.6 is 0 Å². The average Bonchev–Trinajstić information content (AvgIpc) is 2.23. The second-order valence-electron chi connectivity index (χ2n) is 5.65. The molecule has 0 bridgehead atoms. The molecular formula is C14H21FO3S. The molecule has 0 N–H and O–H groups in total. The highest BCUT2D eigenvalue weighted by Gasteiger charge is 2.23. The summed E-state index contributed by atoms with van der Waals surface area (Å²) < 4.78 is 40.7. The molecule has 5 heteroatoms. The van der Waals surface area contributed by atoms with Crippen LogP contribution in [0.3, 0.4) is 0 Å². The number of benzene rings is 1. The Bertz CT molecular complexity index is 534. The Kier molecular flexibility index (Phi) is 4.74. The van der Waals surface area contributed by atoms with Crippen molar-refractivity contribution in [1.82, 2.24) is 0 Å². The summed E-state index contributed by atoms with van der Waals surface area (Å²) >= 11 is 0. The van der Waals surface area contributed by atoms with Gasteiger partial charge in [0, 0.05) is 0 Å². The Labute approximate surface area is 114 Å². The van der Waals surface area contributed by atoms with Gasteiger partial charge in [0.05, 0.1) is 11.5 Å². The van der Waals surface area contributed by atoms with Gasteiger partial charge in [-0.3, -0.25) is 4.18 Å². The van der Waals surface area contributed by atoms with Crippen LogP contribution in [-0.4, -0.2) is 21.7 Å². The Morgan fingerprint density at radius 2 is 1.63 bits per heavy atom. The Morgan fingerprint density at radius 3 is 2.00 bits per heavy atom. The van der Waals surface area contributed by atoms with Gasteiger partial charge in [0.25, 0.3) is 10.1 Å². The first kappa shape index (κ1) is 16.1. The van der Waals surface area contributed by atoms with E-state index in [1.807, 2.05) is 12.1 Å². The Balaban J connectivity index is 3.33. The molecule has 0 unspecified atom stereocenters. The molecule has 1 aromatic rings. The lowest BCUT2D eigenvalue weighted by Gasteiger charge is -2.22. The maximum atomic E-state index is 12.1. The number of alkyl halides is 1. The van der Waals surface area contributed by atoms with Gasteiger partial charge in [0.2, 0.25) is 0 Å². The van der Waals surface area contributed by atoms with Crippen molar-refractivity contribution in [2.75, 3.05) is 13.3 Å². The van der Waals surface area contributed by atoms with Crippen molar-refractivity contribution in [3.63, 3.8) is 0 Å². The molecule has 0 aliphatic heterocycles. The summed E-state index contributed by atoms with van der Waals surface area (Å²) in [4.78, 5) is 0.147. The minimum Gasteiger partial charge on any atom is -0.264 e. The van der Waals surface area contributed by atoms with Crippen LogP contribution in [-0.2, 0) is 19.7 Å². The van der Waals surface area contributed by atoms with Crippen molar-refractivity contribution in [3.05, 3.63) is 28.8 Å². The summed E-state index contributed by atoms with van der Waals surface area (Å²) in [6.45, 7) is 8.39. The van der Waals surface area contributed by atoms with Crippen LogP contribution in [0, 0.1) is 13.8 Å². The fourth-order valence-electron chi connectivity index (χ4n) is 1.98. The highest BCUT2D eigenvalue weighted by Crippen LogP contribution is 2.29. The third-order valence-electron chi connectivity index (χ3n) is 2.89. The van der Waals surface area contributed by atoms with Crippen molar-refractivity contribution >= 4 is 10.1 Å². The Morgan fingerprint density at radius 1 is 1.16 bits per heavy atom. The quantitative estimate of drug-likeness (QED) is 0.799. The van der Waals surface area contributed by atoms with Crippen LogP contribution in [0.15, 0.2) is 17.0 Å². The van der Waals surface area contributed by atoms with E-state index < -0.39 is 23.4 Å². The van der Waals surface area contributed by atoms with Crippen LogP contribution in [0.2, 0.25) is 0 Å². The van der Waals surface area contributed by atoms with E-state index in [-0.39, 0.29) is 10.3 Å². The highest BCUT2D eigenvalue weighted by atomic mass is 32.2. The maximum absolute atomic E-state index is 12.1. The number of aryl methyl sites for hydroxylation is 2. The van der Waals surface area contributed by atoms with Crippen LogP contribution in [0.25, 0.3) is 0 Å². The number of halogens is 1. The molecule has 0 saturated carbocycles. The van der Waals surface area contributed by atoms with E-state index in [1.165, 1.54) is 0 Å². The molecule has 108 valence electrons. The average molecular weight is 288 g/mol. The summed E-state index contributed by atoms with van der Waals surface area (Å²) in [6, 6.07) is 3.69. The van der Waals surface area contributed by atoms with E-state index in [2.05, 4.69) is 25.0 Å². The predicted molar refractivity (Wildman–Crippen MR) is 73.7 cm³/mol. The summed E-state index contributed by atoms with van der Waals surface area (Å²) in [5, 5.41) is 0. The van der Waals surface area contributed by atoms with Crippen LogP contribution in [0.1, 0.15) is 37.5 Å². The van der Waals surface area contributed by atoms with Crippen molar-refractivity contribution in [3.8, 4) is 0 Å². The minimum absolute atomic E-state index is 0.0579. The van der Waals surface area contributed by atoms with Crippen molar-refractivity contribution in [2.45, 2.75) is 44.9 Å². The number of rotatable bonds is 4. The number of hydrogen-bond acceptors (Lipinski definition) is 3. The van der Waals surface area contributed by atoms with E-state index in [0.29, 0.717) is 11.1 Å². The lowest BCUT2D eigenvalue weighted by Crippen LogP contribution is -2.16. The van der Waals surface area contributed by atoms with Crippen molar-refractivity contribution in [2.24, 2.45) is 0 Å². The first-order valence-corrected chi connectivity index (χ1v) is 7.57. The lowest BCUT2D eigenvalue weighted by atomic mass is 9.85. The molecule has 19 heavy (non-hydrogen) atoms. The summed E-state index contributed by atoms with van der Waals surface area (Å²) in [5.41, 5.74) is 2.26. The van der Waals surface area contributed by atoms with Gasteiger partial charge in [-0.2, -0.15) is 8.42 Å². The predicted octanol–water partition coefficient (Wildman–Crippen LogP) is 3.28. The minimum atomic E-state index is -3.89. The van der Waals surface area contributed by atoms with E-state index in [0.717, 1.165) is 5.56 Å². The zero-order valence-corrected chi connectivity index (χ0v) is 12.9. The fourth-order valence-corrected chi connectivity index (χ4v) is 3.28. The number of hydrogen-bond donors (Lipinski definition) is 0. The van der Waals surface area contributed by atoms with Crippen LogP contribution < -0.4 is 0 Å². The smallest absolute Gasteiger partial charge is 0.264 e. The SMILES string of the molecule is Cc1cc(C(C)(C)C)cc(C)c1S(=O)(=O)OCCF. The van der Waals surface area contributed by atoms with Gasteiger partial charge >= 0.3 is 0 Å². The van der Waals surface area contributed by atoms with Gasteiger partial charge in [-0.25, -0.2) is 4.39 Å². The van der Waals surface area contributed by atoms with Crippen LogP contribution in [0.5, 0.6) is 0 Å². The highest BCUT2D eigenvalue weighted by molar-refractivity contribution is 7.86. The van der Waals surface area contributed by atoms with Crippen LogP contribution in [0.4, 0.5) is 4.39 Å². The zero-order chi connectivity index (χ0) is 14.8. The Hall–Kier alpha value is -0.940. The monoisotopic (exact) mass is 288 g/mol. The first-order valence-electron chi connectivity index (χ1n) is 6.16. The molecule has 0 fully saturated rings. The van der Waals surface area contributed by atoms with Gasteiger partial charge in [-0.05, 0) is 36.0 Å². The molecule has 0 aliphatic rings. The molecule has 0 saturated heterocycles. The molecule has 3 nitrogen and oxygen atoms in total. The summed E-state index contributed by atoms with van der Waals surface area (Å²) in [6.07, 6.45) is 0. The molecule has 0 aromatic heterocycles. The maximum Gasteiger partial charge on any atom is 0.297 e. The normalized spacial score (nSPS) is 12.7. The molecule has 0 spiro atoms. The van der Waals surface area contributed by atoms with E-state index in [9.17, 15) is 12.8 Å². The van der Waals surface area contributed by atoms with E-state index in [1.54, 1.807) is 13.8 Å². The zero-order valence-electron chi connectivity index (χ0n) is 12.1. The molecule has 0 atom stereocenters. The molecule has 0 amide bonds. The molecule has 1 rings (SSSR count). The molecule has 0 heterocycles. The summed E-state index contributed by atoms with van der Waals surface area (Å²) in [5.74, 6) is 0. The van der Waals surface area contributed by atoms with Gasteiger partial charge in [-0.15, -0.1) is 0 Å². The van der Waals surface area contributed by atoms with E-state index in [4.69, 9.17) is 0 Å². The molecule has 0 radical (unpaired) electrons. The molecular weight excluding hydrogens is 267 g/mol. The molecule has 1 aromatic carbocycles. The summed E-state index contributed by atoms with van der Waals surface area (Å²) in [7, 11) is -3.89. The fraction of sp³-hybridized carbons (Fsp3) is 0.571. The second-order valence-corrected chi connectivity index (χ2v) is 7.21. The van der Waals surface area contributed by atoms with Crippen molar-refractivity contribution < 1.29 is 17.0 Å². The third kappa shape index (κ3) is 3.76. The lowest BCUT2D eigenvalue weighted by molar-refractivity contribution is 0.276.